The summed E-state index contributed by atoms with van der Waals surface area (Å²) in [6.07, 6.45) is -4.26. The number of nitrogens with zero attached hydrogens (tertiary/aromatic N) is 3. The molecule has 6 nitrogen and oxygen atoms in total. The average molecular weight is 365 g/mol. The molecule has 0 atom stereocenters. The molecule has 0 aromatic carbocycles. The van der Waals surface area contributed by atoms with Gasteiger partial charge in [0.1, 0.15) is 0 Å². The van der Waals surface area contributed by atoms with Gasteiger partial charge in [0.2, 0.25) is 5.91 Å². The smallest absolute Gasteiger partial charge is 0.356 e. The van der Waals surface area contributed by atoms with Gasteiger partial charge in [0.05, 0.1) is 6.54 Å². The van der Waals surface area contributed by atoms with Crippen LogP contribution in [0.15, 0.2) is 4.99 Å². The first kappa shape index (κ1) is 21.5. The first-order valence-electron chi connectivity index (χ1n) is 8.75. The standard InChI is InChI=1S/C16H30F3N5O/c1-13(2)22-14(25)12-23-8-10-24(11-9-23)15(20-3)21-7-5-4-6-16(17,18)19/h13H,4-12H2,1-3H3,(H,20,21)(H,22,25). The topological polar surface area (TPSA) is 60.0 Å². The minimum atomic E-state index is -4.08. The highest BCUT2D eigenvalue weighted by Gasteiger charge is 2.26. The Morgan fingerprint density at radius 2 is 1.80 bits per heavy atom. The summed E-state index contributed by atoms with van der Waals surface area (Å²) in [5, 5.41) is 5.99. The van der Waals surface area contributed by atoms with Crippen LogP contribution < -0.4 is 10.6 Å². The van der Waals surface area contributed by atoms with Gasteiger partial charge in [-0.15, -0.1) is 0 Å². The molecule has 0 aromatic heterocycles. The largest absolute Gasteiger partial charge is 0.389 e. The molecule has 1 aliphatic heterocycles. The summed E-state index contributed by atoms with van der Waals surface area (Å²) in [4.78, 5) is 20.1. The van der Waals surface area contributed by atoms with Gasteiger partial charge < -0.3 is 15.5 Å². The third-order valence-corrected chi connectivity index (χ3v) is 3.87. The lowest BCUT2D eigenvalue weighted by molar-refractivity contribution is -0.135. The van der Waals surface area contributed by atoms with Crippen molar-refractivity contribution in [3.8, 4) is 0 Å². The Bertz CT molecular complexity index is 432. The Balaban J connectivity index is 2.26. The van der Waals surface area contributed by atoms with E-state index in [2.05, 4.69) is 25.4 Å². The molecule has 2 N–H and O–H groups in total. The summed E-state index contributed by atoms with van der Waals surface area (Å²) in [5.74, 6) is 0.730. The first-order valence-corrected chi connectivity index (χ1v) is 8.75. The van der Waals surface area contributed by atoms with Gasteiger partial charge in [0.25, 0.3) is 0 Å². The highest BCUT2D eigenvalue weighted by Crippen LogP contribution is 2.21. The van der Waals surface area contributed by atoms with E-state index in [-0.39, 0.29) is 18.4 Å². The minimum absolute atomic E-state index is 0.0237. The van der Waals surface area contributed by atoms with Crippen molar-refractivity contribution in [3.05, 3.63) is 0 Å². The van der Waals surface area contributed by atoms with Crippen LogP contribution in [0.1, 0.15) is 33.1 Å². The lowest BCUT2D eigenvalue weighted by Crippen LogP contribution is -2.54. The summed E-state index contributed by atoms with van der Waals surface area (Å²) in [7, 11) is 1.67. The van der Waals surface area contributed by atoms with E-state index in [4.69, 9.17) is 0 Å². The van der Waals surface area contributed by atoms with Crippen LogP contribution in [0.3, 0.4) is 0 Å². The summed E-state index contributed by atoms with van der Waals surface area (Å²) >= 11 is 0. The maximum absolute atomic E-state index is 12.1. The minimum Gasteiger partial charge on any atom is -0.356 e. The van der Waals surface area contributed by atoms with Crippen molar-refractivity contribution in [1.82, 2.24) is 20.4 Å². The Morgan fingerprint density at radius 1 is 1.16 bits per heavy atom. The molecule has 0 saturated carbocycles. The number of carbonyl (C=O) groups excluding carboxylic acids is 1. The number of hydrogen-bond acceptors (Lipinski definition) is 3. The Labute approximate surface area is 147 Å². The summed E-state index contributed by atoms with van der Waals surface area (Å²) in [5.41, 5.74) is 0. The summed E-state index contributed by atoms with van der Waals surface area (Å²) < 4.78 is 36.3. The van der Waals surface area contributed by atoms with E-state index in [1.54, 1.807) is 7.05 Å². The number of nitrogens with one attached hydrogen (secondary N) is 2. The summed E-state index contributed by atoms with van der Waals surface area (Å²) in [6, 6.07) is 0.133. The fourth-order valence-electron chi connectivity index (χ4n) is 2.67. The molecule has 0 aliphatic carbocycles. The van der Waals surface area contributed by atoms with Crippen molar-refractivity contribution < 1.29 is 18.0 Å². The van der Waals surface area contributed by atoms with Crippen LogP contribution in [-0.2, 0) is 4.79 Å². The number of aliphatic imine (C=N–C) groups is 1. The molecule has 25 heavy (non-hydrogen) atoms. The van der Waals surface area contributed by atoms with E-state index >= 15 is 0 Å². The number of piperazine rings is 1. The van der Waals surface area contributed by atoms with Crippen LogP contribution >= 0.6 is 0 Å². The molecular formula is C16H30F3N5O. The zero-order valence-corrected chi connectivity index (χ0v) is 15.3. The molecular weight excluding hydrogens is 335 g/mol. The number of rotatable bonds is 7. The number of unbranched alkanes of at least 4 members (excludes halogenated alkanes) is 1. The lowest BCUT2D eigenvalue weighted by atomic mass is 10.2. The number of guanidine groups is 1. The van der Waals surface area contributed by atoms with Gasteiger partial charge in [-0.25, -0.2) is 0 Å². The van der Waals surface area contributed by atoms with Gasteiger partial charge in [-0.05, 0) is 26.7 Å². The van der Waals surface area contributed by atoms with Crippen LogP contribution in [-0.4, -0.2) is 80.2 Å². The molecule has 0 unspecified atom stereocenters. The van der Waals surface area contributed by atoms with Gasteiger partial charge in [-0.3, -0.25) is 14.7 Å². The van der Waals surface area contributed by atoms with Crippen molar-refractivity contribution in [2.75, 3.05) is 46.3 Å². The molecule has 1 aliphatic rings. The molecule has 1 amide bonds. The second-order valence-electron chi connectivity index (χ2n) is 6.53. The first-order chi connectivity index (χ1) is 11.7. The molecule has 146 valence electrons. The van der Waals surface area contributed by atoms with Gasteiger partial charge in [0, 0.05) is 52.2 Å². The Morgan fingerprint density at radius 3 is 2.32 bits per heavy atom. The second-order valence-corrected chi connectivity index (χ2v) is 6.53. The van der Waals surface area contributed by atoms with E-state index < -0.39 is 12.6 Å². The maximum atomic E-state index is 12.1. The van der Waals surface area contributed by atoms with Crippen LogP contribution in [0, 0.1) is 0 Å². The van der Waals surface area contributed by atoms with Crippen molar-refractivity contribution in [3.63, 3.8) is 0 Å². The van der Waals surface area contributed by atoms with E-state index in [1.807, 2.05) is 13.8 Å². The average Bonchev–Trinajstić information content (AvgIpc) is 2.50. The number of alkyl halides is 3. The van der Waals surface area contributed by atoms with E-state index in [1.165, 1.54) is 0 Å². The normalized spacial score (nSPS) is 17.1. The molecule has 1 rings (SSSR count). The molecule has 9 heteroatoms. The molecule has 1 heterocycles. The molecule has 1 saturated heterocycles. The third kappa shape index (κ3) is 9.52. The van der Waals surface area contributed by atoms with Crippen molar-refractivity contribution in [2.45, 2.75) is 45.3 Å². The van der Waals surface area contributed by atoms with Crippen LogP contribution in [0.4, 0.5) is 13.2 Å². The molecule has 1 fully saturated rings. The highest BCUT2D eigenvalue weighted by molar-refractivity contribution is 5.80. The summed E-state index contributed by atoms with van der Waals surface area (Å²) in [6.45, 7) is 7.69. The zero-order valence-electron chi connectivity index (χ0n) is 15.3. The van der Waals surface area contributed by atoms with E-state index in [0.717, 1.165) is 26.2 Å². The predicted octanol–water partition coefficient (Wildman–Crippen LogP) is 1.44. The number of halogens is 3. The fraction of sp³-hybridized carbons (Fsp3) is 0.875. The Hall–Kier alpha value is -1.51. The third-order valence-electron chi connectivity index (χ3n) is 3.87. The highest BCUT2D eigenvalue weighted by atomic mass is 19.4. The Kier molecular flexibility index (Phi) is 9.02. The predicted molar refractivity (Wildman–Crippen MR) is 92.6 cm³/mol. The number of amides is 1. The van der Waals surface area contributed by atoms with Crippen LogP contribution in [0.2, 0.25) is 0 Å². The maximum Gasteiger partial charge on any atom is 0.389 e. The molecule has 0 radical (unpaired) electrons. The van der Waals surface area contributed by atoms with Gasteiger partial charge in [-0.2, -0.15) is 13.2 Å². The molecule has 0 aromatic rings. The lowest BCUT2D eigenvalue weighted by Gasteiger charge is -2.36. The van der Waals surface area contributed by atoms with E-state index in [9.17, 15) is 18.0 Å². The van der Waals surface area contributed by atoms with Gasteiger partial charge >= 0.3 is 6.18 Å². The van der Waals surface area contributed by atoms with Gasteiger partial charge in [-0.1, -0.05) is 0 Å². The fourth-order valence-corrected chi connectivity index (χ4v) is 2.67. The number of hydrogen-bond donors (Lipinski definition) is 2. The molecule has 0 spiro atoms. The quantitative estimate of drug-likeness (QED) is 0.407. The second kappa shape index (κ2) is 10.5. The van der Waals surface area contributed by atoms with Crippen LogP contribution in [0.25, 0.3) is 0 Å². The van der Waals surface area contributed by atoms with Crippen molar-refractivity contribution in [2.24, 2.45) is 4.99 Å². The zero-order chi connectivity index (χ0) is 18.9. The van der Waals surface area contributed by atoms with E-state index in [0.29, 0.717) is 25.5 Å². The van der Waals surface area contributed by atoms with Crippen LogP contribution in [0.5, 0.6) is 0 Å². The van der Waals surface area contributed by atoms with Crippen molar-refractivity contribution in [1.29, 1.82) is 0 Å². The SMILES string of the molecule is CN=C(NCCCCC(F)(F)F)N1CCN(CC(=O)NC(C)C)CC1. The number of carbonyl (C=O) groups is 1. The van der Waals surface area contributed by atoms with Crippen molar-refractivity contribution >= 4 is 11.9 Å². The van der Waals surface area contributed by atoms with Gasteiger partial charge in [0.15, 0.2) is 5.96 Å². The molecule has 0 bridgehead atoms. The monoisotopic (exact) mass is 365 g/mol.